The second-order valence-corrected chi connectivity index (χ2v) is 17.3. The Hall–Kier alpha value is -6.00. The van der Waals surface area contributed by atoms with Crippen LogP contribution in [-0.4, -0.2) is 111 Å². The monoisotopic (exact) mass is 848 g/mol. The summed E-state index contributed by atoms with van der Waals surface area (Å²) in [6.45, 7) is 9.69. The van der Waals surface area contributed by atoms with Crippen LogP contribution >= 0.6 is 0 Å². The number of H-pyrrole nitrogens is 2. The molecule has 5 aromatic rings. The van der Waals surface area contributed by atoms with Crippen LogP contribution in [0.25, 0.3) is 44.2 Å². The van der Waals surface area contributed by atoms with E-state index in [0.29, 0.717) is 32.1 Å². The molecule has 0 radical (unpaired) electrons. The predicted octanol–water partition coefficient (Wildman–Crippen LogP) is 6.97. The highest BCUT2D eigenvalue weighted by Crippen LogP contribution is 2.44. The molecule has 5 N–H and O–H groups in total. The van der Waals surface area contributed by atoms with Crippen molar-refractivity contribution in [3.63, 3.8) is 0 Å². The molecule has 8 rings (SSSR count). The fourth-order valence-corrected chi connectivity index (χ4v) is 9.63. The average molecular weight is 849 g/mol. The highest BCUT2D eigenvalue weighted by Gasteiger charge is 2.42. The SMILES string of the molecule is CC[C@H](C)[C@H](NC(=O)OC)C(=O)N1[C@@H](C)CC[C@H]1c1ncc(-c2ccc3c(c2)COc2cc4c(ccc5[nH]c([C@@H]6C[C@H](COC)CN6C[C@@H](NC(=O)O)C(C)C=O)nc54)cc2-3)[nH]1. The summed E-state index contributed by atoms with van der Waals surface area (Å²) in [4.78, 5) is 70.7. The molecule has 3 amide bonds. The Bertz CT molecular complexity index is 2480. The first kappa shape index (κ1) is 42.7. The van der Waals surface area contributed by atoms with Crippen molar-refractivity contribution in [1.29, 1.82) is 0 Å². The third kappa shape index (κ3) is 8.20. The van der Waals surface area contributed by atoms with Crippen molar-refractivity contribution in [2.24, 2.45) is 17.8 Å². The molecule has 0 saturated carbocycles. The van der Waals surface area contributed by atoms with Gasteiger partial charge in [0.05, 0.1) is 54.8 Å². The van der Waals surface area contributed by atoms with Crippen LogP contribution in [-0.2, 0) is 25.7 Å². The summed E-state index contributed by atoms with van der Waals surface area (Å²) < 4.78 is 16.8. The molecule has 0 aliphatic carbocycles. The van der Waals surface area contributed by atoms with E-state index in [9.17, 15) is 24.3 Å². The topological polar surface area (TPSA) is 204 Å². The van der Waals surface area contributed by atoms with Crippen molar-refractivity contribution in [2.45, 2.75) is 90.2 Å². The number of carbonyl (C=O) groups is 4. The van der Waals surface area contributed by atoms with E-state index >= 15 is 0 Å². The van der Waals surface area contributed by atoms with Gasteiger partial charge in [0.2, 0.25) is 5.91 Å². The van der Waals surface area contributed by atoms with Gasteiger partial charge in [-0.25, -0.2) is 19.6 Å². The number of carbonyl (C=O) groups excluding carboxylic acids is 3. The fourth-order valence-electron chi connectivity index (χ4n) is 9.63. The van der Waals surface area contributed by atoms with E-state index < -0.39 is 30.2 Å². The molecule has 3 aliphatic heterocycles. The Morgan fingerprint density at radius 2 is 1.85 bits per heavy atom. The van der Waals surface area contributed by atoms with Crippen LogP contribution in [0.4, 0.5) is 9.59 Å². The van der Waals surface area contributed by atoms with Crippen LogP contribution in [0.2, 0.25) is 0 Å². The first-order valence-corrected chi connectivity index (χ1v) is 21.5. The fraction of sp³-hybridized carbons (Fsp3) is 0.478. The molecule has 3 aromatic carbocycles. The largest absolute Gasteiger partial charge is 0.488 e. The number of aldehydes is 1. The Morgan fingerprint density at radius 1 is 1.03 bits per heavy atom. The van der Waals surface area contributed by atoms with Crippen molar-refractivity contribution in [3.05, 3.63) is 65.9 Å². The molecule has 0 bridgehead atoms. The van der Waals surface area contributed by atoms with Gasteiger partial charge in [0, 0.05) is 43.1 Å². The molecule has 3 aliphatic rings. The van der Waals surface area contributed by atoms with Gasteiger partial charge in [-0.2, -0.15) is 0 Å². The van der Waals surface area contributed by atoms with Gasteiger partial charge in [0.1, 0.15) is 36.3 Å². The summed E-state index contributed by atoms with van der Waals surface area (Å²) in [5.41, 5.74) is 6.60. The number of carboxylic acid groups (broad SMARTS) is 1. The van der Waals surface area contributed by atoms with Gasteiger partial charge in [-0.1, -0.05) is 45.4 Å². The maximum atomic E-state index is 14.0. The summed E-state index contributed by atoms with van der Waals surface area (Å²) in [5.74, 6) is 1.75. The van der Waals surface area contributed by atoms with E-state index in [-0.39, 0.29) is 35.9 Å². The smallest absolute Gasteiger partial charge is 0.407 e. The molecule has 2 saturated heterocycles. The quantitative estimate of drug-likeness (QED) is 0.0722. The number of aromatic nitrogens is 4. The number of alkyl carbamates (subject to hydrolysis) is 1. The molecule has 2 aromatic heterocycles. The van der Waals surface area contributed by atoms with Crippen molar-refractivity contribution < 1.29 is 38.5 Å². The van der Waals surface area contributed by atoms with E-state index in [0.717, 1.165) is 93.3 Å². The lowest BCUT2D eigenvalue weighted by Crippen LogP contribution is -2.53. The number of ether oxygens (including phenoxy) is 3. The molecule has 16 nitrogen and oxygen atoms in total. The number of hydrogen-bond donors (Lipinski definition) is 5. The number of rotatable bonds is 14. The standard InChI is InChI=1S/C46H56N8O8/c1-7-24(2)40(52-46(59)61-6)44(56)54-26(4)8-13-37(54)42-47-18-35(49-42)29-9-11-31-30(15-29)23-62-39-17-32-28(16-33(31)39)10-12-34-41(32)51-43(48-34)38-14-27(22-60-5)19-53(38)20-36(25(3)21-55)50-45(57)58/h9-12,15-18,21,24-27,36-38,40,50H,7-8,13-14,19-20,22-23H2,1-6H3,(H,47,49)(H,48,51)(H,52,59)(H,57,58)/t24-,25?,26-,27-,36+,37-,38-,40-/m0/s1. The first-order chi connectivity index (χ1) is 29.9. The molecule has 5 heterocycles. The van der Waals surface area contributed by atoms with Gasteiger partial charge >= 0.3 is 12.2 Å². The average Bonchev–Trinajstić information content (AvgIpc) is 4.09. The number of fused-ring (bicyclic) bond motifs is 6. The van der Waals surface area contributed by atoms with Crippen LogP contribution in [0.5, 0.6) is 5.75 Å². The highest BCUT2D eigenvalue weighted by atomic mass is 16.5. The summed E-state index contributed by atoms with van der Waals surface area (Å²) in [7, 11) is 2.98. The van der Waals surface area contributed by atoms with E-state index in [1.807, 2.05) is 37.9 Å². The highest BCUT2D eigenvalue weighted by molar-refractivity contribution is 6.07. The zero-order chi connectivity index (χ0) is 43.8. The van der Waals surface area contributed by atoms with Crippen LogP contribution in [0.15, 0.2) is 48.7 Å². The molecule has 2 fully saturated rings. The van der Waals surface area contributed by atoms with E-state index in [2.05, 4.69) is 61.9 Å². The van der Waals surface area contributed by atoms with E-state index in [1.54, 1.807) is 14.0 Å². The summed E-state index contributed by atoms with van der Waals surface area (Å²) in [5, 5.41) is 16.8. The lowest BCUT2D eigenvalue weighted by molar-refractivity contribution is -0.137. The van der Waals surface area contributed by atoms with Gasteiger partial charge < -0.3 is 49.6 Å². The third-order valence-electron chi connectivity index (χ3n) is 13.2. The maximum absolute atomic E-state index is 14.0. The van der Waals surface area contributed by atoms with Gasteiger partial charge in [0.15, 0.2) is 0 Å². The van der Waals surface area contributed by atoms with Gasteiger partial charge in [-0.3, -0.25) is 9.69 Å². The Balaban J connectivity index is 1.04. The number of hydrogen-bond acceptors (Lipinski definition) is 10. The summed E-state index contributed by atoms with van der Waals surface area (Å²) in [6, 6.07) is 13.0. The van der Waals surface area contributed by atoms with Gasteiger partial charge in [0.25, 0.3) is 0 Å². The maximum Gasteiger partial charge on any atom is 0.407 e. The molecular weight excluding hydrogens is 793 g/mol. The zero-order valence-corrected chi connectivity index (χ0v) is 36.1. The second kappa shape index (κ2) is 17.8. The first-order valence-electron chi connectivity index (χ1n) is 21.5. The minimum atomic E-state index is -1.16. The summed E-state index contributed by atoms with van der Waals surface area (Å²) in [6.07, 6.45) is 3.87. The van der Waals surface area contributed by atoms with Crippen molar-refractivity contribution in [2.75, 3.05) is 33.9 Å². The van der Waals surface area contributed by atoms with Crippen LogP contribution in [0.1, 0.15) is 82.7 Å². The minimum absolute atomic E-state index is 0.0199. The Labute approximate surface area is 360 Å². The van der Waals surface area contributed by atoms with Crippen molar-refractivity contribution >= 4 is 46.2 Å². The van der Waals surface area contributed by atoms with Gasteiger partial charge in [-0.05, 0) is 84.4 Å². The van der Waals surface area contributed by atoms with E-state index in [4.69, 9.17) is 24.2 Å². The number of nitrogens with one attached hydrogen (secondary N) is 4. The number of benzene rings is 3. The Kier molecular flexibility index (Phi) is 12.2. The molecule has 328 valence electrons. The molecule has 0 spiro atoms. The predicted molar refractivity (Wildman–Crippen MR) is 232 cm³/mol. The van der Waals surface area contributed by atoms with Crippen molar-refractivity contribution in [1.82, 2.24) is 40.4 Å². The number of aromatic amines is 2. The third-order valence-corrected chi connectivity index (χ3v) is 13.2. The lowest BCUT2D eigenvalue weighted by atomic mass is 9.92. The van der Waals surface area contributed by atoms with Crippen LogP contribution in [0, 0.1) is 17.8 Å². The van der Waals surface area contributed by atoms with Crippen LogP contribution in [0.3, 0.4) is 0 Å². The molecular formula is C46H56N8O8. The molecule has 16 heteroatoms. The summed E-state index contributed by atoms with van der Waals surface area (Å²) >= 11 is 0. The van der Waals surface area contributed by atoms with Crippen LogP contribution < -0.4 is 15.4 Å². The number of nitrogens with zero attached hydrogens (tertiary/aromatic N) is 4. The molecule has 1 unspecified atom stereocenters. The number of methoxy groups -OCH3 is 2. The van der Waals surface area contributed by atoms with Gasteiger partial charge in [-0.15, -0.1) is 0 Å². The molecule has 62 heavy (non-hydrogen) atoms. The Morgan fingerprint density at radius 3 is 2.60 bits per heavy atom. The molecule has 8 atom stereocenters. The minimum Gasteiger partial charge on any atom is -0.488 e. The normalized spacial score (nSPS) is 21.7. The zero-order valence-electron chi connectivity index (χ0n) is 36.1. The number of imidazole rings is 2. The van der Waals surface area contributed by atoms with Crippen molar-refractivity contribution in [3.8, 4) is 28.1 Å². The van der Waals surface area contributed by atoms with E-state index in [1.165, 1.54) is 7.11 Å². The number of amides is 3. The lowest BCUT2D eigenvalue weighted by Gasteiger charge is -2.33. The second-order valence-electron chi connectivity index (χ2n) is 17.3. The number of likely N-dealkylation sites (tertiary alicyclic amines) is 2.